The van der Waals surface area contributed by atoms with Crippen molar-refractivity contribution in [2.45, 2.75) is 65.2 Å². The Labute approximate surface area is 219 Å². The highest BCUT2D eigenvalue weighted by atomic mass is 35.5. The number of nitrogens with zero attached hydrogens (tertiary/aromatic N) is 1. The first kappa shape index (κ1) is 28.1. The van der Waals surface area contributed by atoms with Crippen LogP contribution in [0.2, 0.25) is 5.02 Å². The molecule has 1 fully saturated rings. The minimum absolute atomic E-state index is 0.0479. The Balaban J connectivity index is 0.000000454. The number of nitrogens with one attached hydrogen (secondary N) is 1. The number of hydrogen-bond acceptors (Lipinski definition) is 4. The van der Waals surface area contributed by atoms with Crippen LogP contribution in [0.3, 0.4) is 0 Å². The zero-order valence-corrected chi connectivity index (χ0v) is 22.6. The van der Waals surface area contributed by atoms with E-state index in [-0.39, 0.29) is 17.3 Å². The van der Waals surface area contributed by atoms with Crippen LogP contribution in [0, 0.1) is 11.7 Å². The van der Waals surface area contributed by atoms with E-state index in [1.165, 1.54) is 38.3 Å². The Hall–Kier alpha value is -2.44. The first-order valence-corrected chi connectivity index (χ1v) is 13.3. The first-order valence-electron chi connectivity index (χ1n) is 12.9. The molecule has 0 atom stereocenters. The molecular formula is C29H38ClFN2O3. The Morgan fingerprint density at radius 3 is 2.50 bits per heavy atom. The number of ether oxygens (including phenoxy) is 1. The molecule has 5 nitrogen and oxygen atoms in total. The lowest BCUT2D eigenvalue weighted by Crippen LogP contribution is -2.47. The highest BCUT2D eigenvalue weighted by Crippen LogP contribution is 2.45. The number of amides is 1. The quantitative estimate of drug-likeness (QED) is 0.388. The fourth-order valence-corrected chi connectivity index (χ4v) is 4.99. The molecule has 4 rings (SSSR count). The average molecular weight is 517 g/mol. The van der Waals surface area contributed by atoms with Gasteiger partial charge in [0.25, 0.3) is 0 Å². The van der Waals surface area contributed by atoms with E-state index in [1.807, 2.05) is 12.1 Å². The minimum atomic E-state index is -0.570. The summed E-state index contributed by atoms with van der Waals surface area (Å²) in [5.74, 6) is 0.473. The van der Waals surface area contributed by atoms with Crippen LogP contribution < -0.4 is 10.1 Å². The Morgan fingerprint density at radius 1 is 1.19 bits per heavy atom. The zero-order chi connectivity index (χ0) is 26.3. The molecule has 0 bridgehead atoms. The summed E-state index contributed by atoms with van der Waals surface area (Å²) in [4.78, 5) is 26.2. The van der Waals surface area contributed by atoms with E-state index in [1.54, 1.807) is 12.1 Å². The standard InChI is InChI=1S/C22H22ClFN2O3.C7H16/c1-14(27)17-4-3-16(13-19(17)24)29-11-10-26-8-6-22(7-9-26)18-12-15(23)2-5-20(18)25-21(22)28;1-4-5-6-7(2)3/h2-5,12-13H,6-11H2,1H3,(H,25,28);7H,4-6H2,1-3H3. The van der Waals surface area contributed by atoms with Gasteiger partial charge in [0.05, 0.1) is 11.0 Å². The number of carbonyl (C=O) groups excluding carboxylic acids is 2. The van der Waals surface area contributed by atoms with Crippen LogP contribution in [0.5, 0.6) is 5.75 Å². The summed E-state index contributed by atoms with van der Waals surface area (Å²) in [7, 11) is 0. The van der Waals surface area contributed by atoms with E-state index in [0.29, 0.717) is 36.8 Å². The average Bonchev–Trinajstić information content (AvgIpc) is 3.09. The van der Waals surface area contributed by atoms with Crippen LogP contribution in [0.1, 0.15) is 75.7 Å². The van der Waals surface area contributed by atoms with Crippen LogP contribution in [-0.4, -0.2) is 42.8 Å². The summed E-state index contributed by atoms with van der Waals surface area (Å²) in [5.41, 5.74) is 1.40. The third kappa shape index (κ3) is 6.86. The van der Waals surface area contributed by atoms with Gasteiger partial charge in [-0.1, -0.05) is 51.6 Å². The summed E-state index contributed by atoms with van der Waals surface area (Å²) in [6.07, 6.45) is 5.58. The van der Waals surface area contributed by atoms with Crippen molar-refractivity contribution in [1.82, 2.24) is 4.90 Å². The van der Waals surface area contributed by atoms with Crippen LogP contribution in [0.4, 0.5) is 10.1 Å². The number of unbranched alkanes of at least 4 members (excludes halogenated alkanes) is 1. The van der Waals surface area contributed by atoms with Crippen molar-refractivity contribution < 1.29 is 18.7 Å². The summed E-state index contributed by atoms with van der Waals surface area (Å²) >= 11 is 6.16. The number of hydrogen-bond donors (Lipinski definition) is 1. The van der Waals surface area contributed by atoms with Gasteiger partial charge in [-0.05, 0) is 74.7 Å². The van der Waals surface area contributed by atoms with E-state index in [2.05, 4.69) is 31.0 Å². The second kappa shape index (κ2) is 12.7. The summed E-state index contributed by atoms with van der Waals surface area (Å²) < 4.78 is 19.5. The van der Waals surface area contributed by atoms with E-state index in [9.17, 15) is 14.0 Å². The van der Waals surface area contributed by atoms with Gasteiger partial charge in [0.1, 0.15) is 18.2 Å². The summed E-state index contributed by atoms with van der Waals surface area (Å²) in [5, 5.41) is 3.62. The third-order valence-corrected chi connectivity index (χ3v) is 7.26. The molecular weight excluding hydrogens is 479 g/mol. The number of fused-ring (bicyclic) bond motifs is 2. The lowest BCUT2D eigenvalue weighted by Gasteiger charge is -2.37. The molecule has 7 heteroatoms. The molecule has 1 saturated heterocycles. The molecule has 196 valence electrons. The molecule has 1 N–H and O–H groups in total. The normalized spacial score (nSPS) is 16.4. The van der Waals surface area contributed by atoms with Crippen LogP contribution in [0.25, 0.3) is 0 Å². The molecule has 0 radical (unpaired) electrons. The van der Waals surface area contributed by atoms with Gasteiger partial charge in [0.2, 0.25) is 5.91 Å². The fourth-order valence-electron chi connectivity index (χ4n) is 4.82. The number of benzene rings is 2. The SMILES string of the molecule is CC(=O)c1ccc(OCCN2CCC3(CC2)C(=O)Nc2ccc(Cl)cc23)cc1F.CCCCC(C)C. The second-order valence-electron chi connectivity index (χ2n) is 10.2. The zero-order valence-electron chi connectivity index (χ0n) is 21.8. The van der Waals surface area contributed by atoms with E-state index >= 15 is 0 Å². The van der Waals surface area contributed by atoms with Gasteiger partial charge in [-0.3, -0.25) is 14.5 Å². The Bertz CT molecular complexity index is 1060. The van der Waals surface area contributed by atoms with Gasteiger partial charge in [0, 0.05) is 23.3 Å². The number of halogens is 2. The van der Waals surface area contributed by atoms with Gasteiger partial charge in [-0.15, -0.1) is 0 Å². The molecule has 2 aromatic carbocycles. The third-order valence-electron chi connectivity index (χ3n) is 7.02. The van der Waals surface area contributed by atoms with E-state index in [0.717, 1.165) is 30.3 Å². The topological polar surface area (TPSA) is 58.6 Å². The highest BCUT2D eigenvalue weighted by Gasteiger charge is 2.48. The predicted molar refractivity (Wildman–Crippen MR) is 144 cm³/mol. The van der Waals surface area contributed by atoms with Crippen molar-refractivity contribution >= 4 is 29.0 Å². The van der Waals surface area contributed by atoms with Crippen LogP contribution >= 0.6 is 11.6 Å². The van der Waals surface area contributed by atoms with E-state index < -0.39 is 11.2 Å². The van der Waals surface area contributed by atoms with Gasteiger partial charge in [-0.2, -0.15) is 0 Å². The molecule has 1 spiro atoms. The Kier molecular flexibility index (Phi) is 9.92. The fraction of sp³-hybridized carbons (Fsp3) is 0.517. The molecule has 2 heterocycles. The number of carbonyl (C=O) groups is 2. The molecule has 36 heavy (non-hydrogen) atoms. The molecule has 0 saturated carbocycles. The van der Waals surface area contributed by atoms with Crippen molar-refractivity contribution in [3.63, 3.8) is 0 Å². The van der Waals surface area contributed by atoms with E-state index in [4.69, 9.17) is 16.3 Å². The molecule has 1 amide bonds. The Morgan fingerprint density at radius 2 is 1.92 bits per heavy atom. The van der Waals surface area contributed by atoms with Gasteiger partial charge in [-0.25, -0.2) is 4.39 Å². The lowest BCUT2D eigenvalue weighted by molar-refractivity contribution is -0.122. The van der Waals surface area contributed by atoms with Gasteiger partial charge < -0.3 is 10.1 Å². The van der Waals surface area contributed by atoms with Crippen LogP contribution in [0.15, 0.2) is 36.4 Å². The first-order chi connectivity index (χ1) is 17.2. The number of piperidine rings is 1. The van der Waals surface area contributed by atoms with Crippen molar-refractivity contribution in [2.24, 2.45) is 5.92 Å². The largest absolute Gasteiger partial charge is 0.492 e. The van der Waals surface area contributed by atoms with Crippen molar-refractivity contribution in [2.75, 3.05) is 31.6 Å². The predicted octanol–water partition coefficient (Wildman–Crippen LogP) is 6.88. The lowest BCUT2D eigenvalue weighted by atomic mass is 9.73. The number of likely N-dealkylation sites (tertiary alicyclic amines) is 1. The number of anilines is 1. The summed E-state index contributed by atoms with van der Waals surface area (Å²) in [6, 6.07) is 9.84. The highest BCUT2D eigenvalue weighted by molar-refractivity contribution is 6.31. The molecule has 2 aromatic rings. The molecule has 2 aliphatic rings. The van der Waals surface area contributed by atoms with Crippen molar-refractivity contribution in [3.05, 3.63) is 58.4 Å². The number of Topliss-reactive ketones (excluding diaryl/α,β-unsaturated/α-hetero) is 1. The second-order valence-corrected chi connectivity index (χ2v) is 10.6. The van der Waals surface area contributed by atoms with Gasteiger partial charge >= 0.3 is 0 Å². The molecule has 0 aliphatic carbocycles. The maximum atomic E-state index is 13.9. The number of ketones is 1. The minimum Gasteiger partial charge on any atom is -0.492 e. The molecule has 2 aliphatic heterocycles. The van der Waals surface area contributed by atoms with Crippen molar-refractivity contribution in [1.29, 1.82) is 0 Å². The number of rotatable bonds is 8. The van der Waals surface area contributed by atoms with Gasteiger partial charge in [0.15, 0.2) is 5.78 Å². The summed E-state index contributed by atoms with van der Waals surface area (Å²) in [6.45, 7) is 10.7. The van der Waals surface area contributed by atoms with Crippen LogP contribution in [-0.2, 0) is 10.2 Å². The van der Waals surface area contributed by atoms with Crippen molar-refractivity contribution in [3.8, 4) is 5.75 Å². The molecule has 0 unspecified atom stereocenters. The monoisotopic (exact) mass is 516 g/mol. The molecule has 0 aromatic heterocycles. The smallest absolute Gasteiger partial charge is 0.235 e. The maximum absolute atomic E-state index is 13.9. The maximum Gasteiger partial charge on any atom is 0.235 e.